The van der Waals surface area contributed by atoms with Gasteiger partial charge in [0.15, 0.2) is 0 Å². The van der Waals surface area contributed by atoms with E-state index in [1.54, 1.807) is 0 Å². The van der Waals surface area contributed by atoms with E-state index >= 15 is 0 Å². The Hall–Kier alpha value is -0.290. The van der Waals surface area contributed by atoms with Gasteiger partial charge >= 0.3 is 6.18 Å². The third-order valence-electron chi connectivity index (χ3n) is 4.35. The van der Waals surface area contributed by atoms with Crippen LogP contribution in [0.2, 0.25) is 0 Å². The maximum Gasteiger partial charge on any atom is 0.392 e. The fourth-order valence-corrected chi connectivity index (χ4v) is 2.60. The van der Waals surface area contributed by atoms with Crippen molar-refractivity contribution in [1.29, 1.82) is 0 Å². The molecule has 0 bridgehead atoms. The molecule has 1 aliphatic rings. The first-order chi connectivity index (χ1) is 8.32. The molecule has 1 fully saturated rings. The highest BCUT2D eigenvalue weighted by atomic mass is 19.4. The molecule has 3 N–H and O–H groups in total. The predicted molar refractivity (Wildman–Crippen MR) is 67.3 cm³/mol. The summed E-state index contributed by atoms with van der Waals surface area (Å²) in [5, 5.41) is 3.24. The minimum absolute atomic E-state index is 0.242. The first-order valence-electron chi connectivity index (χ1n) is 6.84. The average molecular weight is 266 g/mol. The lowest BCUT2D eigenvalue weighted by Crippen LogP contribution is -2.51. The van der Waals surface area contributed by atoms with Crippen molar-refractivity contribution < 1.29 is 13.2 Å². The molecule has 0 heterocycles. The van der Waals surface area contributed by atoms with Gasteiger partial charge in [-0.3, -0.25) is 0 Å². The maximum atomic E-state index is 12.9. The summed E-state index contributed by atoms with van der Waals surface area (Å²) in [7, 11) is 0. The van der Waals surface area contributed by atoms with E-state index < -0.39 is 12.1 Å². The van der Waals surface area contributed by atoms with E-state index in [-0.39, 0.29) is 17.9 Å². The summed E-state index contributed by atoms with van der Waals surface area (Å²) in [6.45, 7) is 4.85. The lowest BCUT2D eigenvalue weighted by molar-refractivity contribution is -0.196. The van der Waals surface area contributed by atoms with E-state index in [9.17, 15) is 13.2 Å². The Morgan fingerprint density at radius 3 is 2.33 bits per heavy atom. The predicted octanol–water partition coefficient (Wildman–Crippen LogP) is 3.07. The number of nitrogens with one attached hydrogen (secondary N) is 1. The summed E-state index contributed by atoms with van der Waals surface area (Å²) in [5.74, 6) is -1.44. The second-order valence-corrected chi connectivity index (χ2v) is 5.69. The summed E-state index contributed by atoms with van der Waals surface area (Å²) in [6, 6.07) is 0. The van der Waals surface area contributed by atoms with E-state index in [0.717, 1.165) is 12.8 Å². The molecule has 0 amide bonds. The Balaban J connectivity index is 2.58. The molecule has 5 heteroatoms. The van der Waals surface area contributed by atoms with E-state index in [0.29, 0.717) is 25.9 Å². The van der Waals surface area contributed by atoms with Crippen molar-refractivity contribution in [1.82, 2.24) is 5.32 Å². The molecule has 2 nitrogen and oxygen atoms in total. The summed E-state index contributed by atoms with van der Waals surface area (Å²) < 4.78 is 38.8. The van der Waals surface area contributed by atoms with Crippen molar-refractivity contribution in [2.75, 3.05) is 13.1 Å². The van der Waals surface area contributed by atoms with Gasteiger partial charge in [-0.05, 0) is 38.6 Å². The fraction of sp³-hybridized carbons (Fsp3) is 1.00. The van der Waals surface area contributed by atoms with Crippen LogP contribution in [0.4, 0.5) is 13.2 Å². The molecule has 0 saturated heterocycles. The van der Waals surface area contributed by atoms with E-state index in [4.69, 9.17) is 5.73 Å². The number of rotatable bonds is 5. The molecule has 3 unspecified atom stereocenters. The lowest BCUT2D eigenvalue weighted by Gasteiger charge is -2.36. The molecule has 108 valence electrons. The third-order valence-corrected chi connectivity index (χ3v) is 4.35. The van der Waals surface area contributed by atoms with Crippen LogP contribution in [0.1, 0.15) is 46.0 Å². The van der Waals surface area contributed by atoms with Gasteiger partial charge in [-0.2, -0.15) is 13.2 Å². The average Bonchev–Trinajstić information content (AvgIpc) is 2.35. The van der Waals surface area contributed by atoms with Gasteiger partial charge in [0.1, 0.15) is 0 Å². The van der Waals surface area contributed by atoms with Crippen molar-refractivity contribution in [3.05, 3.63) is 0 Å². The molecule has 1 aliphatic carbocycles. The lowest BCUT2D eigenvalue weighted by atomic mass is 9.78. The topological polar surface area (TPSA) is 38.0 Å². The van der Waals surface area contributed by atoms with Gasteiger partial charge in [-0.25, -0.2) is 0 Å². The molecule has 0 aromatic heterocycles. The Kier molecular flexibility index (Phi) is 5.46. The third kappa shape index (κ3) is 4.12. The monoisotopic (exact) mass is 266 g/mol. The van der Waals surface area contributed by atoms with Crippen LogP contribution >= 0.6 is 0 Å². The normalized spacial score (nSPS) is 29.0. The zero-order valence-corrected chi connectivity index (χ0v) is 11.3. The molecule has 1 saturated carbocycles. The second kappa shape index (κ2) is 6.24. The van der Waals surface area contributed by atoms with Crippen molar-refractivity contribution in [2.45, 2.75) is 57.7 Å². The van der Waals surface area contributed by atoms with Gasteiger partial charge in [0, 0.05) is 12.1 Å². The van der Waals surface area contributed by atoms with Crippen LogP contribution < -0.4 is 11.1 Å². The van der Waals surface area contributed by atoms with Crippen LogP contribution in [0.3, 0.4) is 0 Å². The molecule has 0 aromatic carbocycles. The highest BCUT2D eigenvalue weighted by molar-refractivity contribution is 4.87. The second-order valence-electron chi connectivity index (χ2n) is 5.69. The van der Waals surface area contributed by atoms with Gasteiger partial charge in [0.05, 0.1) is 5.92 Å². The number of hydrogen-bond acceptors (Lipinski definition) is 2. The number of nitrogens with two attached hydrogens (primary N) is 1. The number of hydrogen-bond donors (Lipinski definition) is 2. The Morgan fingerprint density at radius 2 is 1.83 bits per heavy atom. The zero-order valence-electron chi connectivity index (χ0n) is 11.3. The summed E-state index contributed by atoms with van der Waals surface area (Å²) in [4.78, 5) is 0. The highest BCUT2D eigenvalue weighted by Crippen LogP contribution is 2.41. The molecule has 18 heavy (non-hydrogen) atoms. The van der Waals surface area contributed by atoms with Crippen LogP contribution in [0.25, 0.3) is 0 Å². The van der Waals surface area contributed by atoms with Gasteiger partial charge in [-0.1, -0.05) is 19.8 Å². The van der Waals surface area contributed by atoms with Gasteiger partial charge in [0.25, 0.3) is 0 Å². The first-order valence-corrected chi connectivity index (χ1v) is 6.84. The molecule has 0 aliphatic heterocycles. The zero-order chi connectivity index (χ0) is 13.8. The van der Waals surface area contributed by atoms with Gasteiger partial charge in [-0.15, -0.1) is 0 Å². The number of alkyl halides is 3. The largest absolute Gasteiger partial charge is 0.392 e. The summed E-state index contributed by atoms with van der Waals surface area (Å²) >= 11 is 0. The molecule has 1 rings (SSSR count). The SMILES string of the molecule is CCC(C)(CN)NCC1CCCCC1C(F)(F)F. The van der Waals surface area contributed by atoms with Crippen molar-refractivity contribution in [2.24, 2.45) is 17.6 Å². The minimum atomic E-state index is -4.06. The smallest absolute Gasteiger partial charge is 0.329 e. The van der Waals surface area contributed by atoms with Crippen LogP contribution in [0.5, 0.6) is 0 Å². The summed E-state index contributed by atoms with van der Waals surface area (Å²) in [5.41, 5.74) is 5.43. The minimum Gasteiger partial charge on any atom is -0.329 e. The van der Waals surface area contributed by atoms with Crippen molar-refractivity contribution in [3.8, 4) is 0 Å². The standard InChI is InChI=1S/C13H25F3N2/c1-3-12(2,9-17)18-8-10-6-4-5-7-11(10)13(14,15)16/h10-11,18H,3-9,17H2,1-2H3. The van der Waals surface area contributed by atoms with Gasteiger partial charge < -0.3 is 11.1 Å². The quantitative estimate of drug-likeness (QED) is 0.802. The van der Waals surface area contributed by atoms with Crippen molar-refractivity contribution >= 4 is 0 Å². The molecule has 0 aromatic rings. The van der Waals surface area contributed by atoms with Crippen LogP contribution in [-0.4, -0.2) is 24.8 Å². The van der Waals surface area contributed by atoms with E-state index in [1.165, 1.54) is 0 Å². The van der Waals surface area contributed by atoms with Gasteiger partial charge in [0.2, 0.25) is 0 Å². The molecular weight excluding hydrogens is 241 g/mol. The molecule has 3 atom stereocenters. The molecule has 0 spiro atoms. The highest BCUT2D eigenvalue weighted by Gasteiger charge is 2.45. The summed E-state index contributed by atoms with van der Waals surface area (Å²) in [6.07, 6.45) is -0.680. The Labute approximate surface area is 107 Å². The first kappa shape index (κ1) is 15.8. The fourth-order valence-electron chi connectivity index (χ4n) is 2.60. The Morgan fingerprint density at radius 1 is 1.22 bits per heavy atom. The van der Waals surface area contributed by atoms with Crippen LogP contribution in [-0.2, 0) is 0 Å². The number of halogens is 3. The van der Waals surface area contributed by atoms with Crippen molar-refractivity contribution in [3.63, 3.8) is 0 Å². The molecule has 0 radical (unpaired) electrons. The maximum absolute atomic E-state index is 12.9. The van der Waals surface area contributed by atoms with Crippen LogP contribution in [0, 0.1) is 11.8 Å². The van der Waals surface area contributed by atoms with Crippen LogP contribution in [0.15, 0.2) is 0 Å². The molecular formula is C13H25F3N2. The van der Waals surface area contributed by atoms with E-state index in [2.05, 4.69) is 5.32 Å². The Bertz CT molecular complexity index is 249. The van der Waals surface area contributed by atoms with E-state index in [1.807, 2.05) is 13.8 Å².